The molecule has 7 heteroatoms. The quantitative estimate of drug-likeness (QED) is 0.731. The molecule has 0 aromatic heterocycles. The summed E-state index contributed by atoms with van der Waals surface area (Å²) in [5.41, 5.74) is 6.17. The predicted octanol–water partition coefficient (Wildman–Crippen LogP) is 1.45. The Morgan fingerprint density at radius 2 is 1.83 bits per heavy atom. The Morgan fingerprint density at radius 3 is 2.30 bits per heavy atom. The normalized spacial score (nSPS) is 16.2. The molecule has 128 valence electrons. The maximum absolute atomic E-state index is 13.0. The number of nitrogens with two attached hydrogens (primary N) is 1. The minimum absolute atomic E-state index is 0. The summed E-state index contributed by atoms with van der Waals surface area (Å²) in [6.07, 6.45) is 1.62. The third-order valence-corrected chi connectivity index (χ3v) is 3.97. The van der Waals surface area contributed by atoms with E-state index in [2.05, 4.69) is 10.6 Å². The van der Waals surface area contributed by atoms with Gasteiger partial charge in [-0.3, -0.25) is 9.59 Å². The number of hydrogen-bond donors (Lipinski definition) is 3. The number of rotatable bonds is 6. The fourth-order valence-corrected chi connectivity index (χ4v) is 2.28. The predicted molar refractivity (Wildman–Crippen MR) is 88.5 cm³/mol. The Labute approximate surface area is 141 Å². The van der Waals surface area contributed by atoms with Gasteiger partial charge in [-0.1, -0.05) is 26.0 Å². The fourth-order valence-electron chi connectivity index (χ4n) is 2.28. The van der Waals surface area contributed by atoms with Crippen LogP contribution in [0.4, 0.5) is 4.39 Å². The zero-order valence-corrected chi connectivity index (χ0v) is 14.1. The smallest absolute Gasteiger partial charge is 0.240 e. The van der Waals surface area contributed by atoms with Gasteiger partial charge in [0.15, 0.2) is 0 Å². The van der Waals surface area contributed by atoms with E-state index in [-0.39, 0.29) is 42.5 Å². The van der Waals surface area contributed by atoms with Crippen LogP contribution in [0.3, 0.4) is 0 Å². The van der Waals surface area contributed by atoms with E-state index in [1.807, 2.05) is 13.8 Å². The molecule has 1 aromatic rings. The van der Waals surface area contributed by atoms with Crippen molar-refractivity contribution in [3.05, 3.63) is 35.6 Å². The molecule has 0 bridgehead atoms. The van der Waals surface area contributed by atoms with Crippen molar-refractivity contribution in [1.82, 2.24) is 10.6 Å². The lowest BCUT2D eigenvalue weighted by Gasteiger charge is -2.19. The topological polar surface area (TPSA) is 84.2 Å². The van der Waals surface area contributed by atoms with Crippen molar-refractivity contribution in [3.8, 4) is 0 Å². The van der Waals surface area contributed by atoms with E-state index >= 15 is 0 Å². The Hall–Kier alpha value is -1.66. The molecule has 1 fully saturated rings. The molecule has 1 aliphatic carbocycles. The SMILES string of the molecule is CC(C)[C@H](N)C(=O)NCC(=O)NC1(c2ccc(F)cc2)CC1.Cl. The van der Waals surface area contributed by atoms with Crippen LogP contribution in [-0.4, -0.2) is 24.4 Å². The third-order valence-electron chi connectivity index (χ3n) is 3.97. The molecule has 0 aliphatic heterocycles. The highest BCUT2D eigenvalue weighted by Gasteiger charge is 2.45. The van der Waals surface area contributed by atoms with E-state index in [1.165, 1.54) is 12.1 Å². The van der Waals surface area contributed by atoms with E-state index in [0.717, 1.165) is 18.4 Å². The van der Waals surface area contributed by atoms with E-state index in [0.29, 0.717) is 0 Å². The van der Waals surface area contributed by atoms with E-state index in [9.17, 15) is 14.0 Å². The summed E-state index contributed by atoms with van der Waals surface area (Å²) in [4.78, 5) is 23.7. The van der Waals surface area contributed by atoms with E-state index in [4.69, 9.17) is 5.73 Å². The van der Waals surface area contributed by atoms with Gasteiger partial charge in [0.25, 0.3) is 0 Å². The van der Waals surface area contributed by atoms with Gasteiger partial charge < -0.3 is 16.4 Å². The van der Waals surface area contributed by atoms with Crippen molar-refractivity contribution in [2.45, 2.75) is 38.3 Å². The Kier molecular flexibility index (Phi) is 6.53. The summed E-state index contributed by atoms with van der Waals surface area (Å²) in [6.45, 7) is 3.58. The average Bonchev–Trinajstić information content (AvgIpc) is 3.25. The van der Waals surface area contributed by atoms with Crippen LogP contribution in [0.25, 0.3) is 0 Å². The molecule has 0 unspecified atom stereocenters. The van der Waals surface area contributed by atoms with Gasteiger partial charge in [0.1, 0.15) is 5.82 Å². The largest absolute Gasteiger partial charge is 0.346 e. The van der Waals surface area contributed by atoms with Crippen molar-refractivity contribution >= 4 is 24.2 Å². The molecule has 23 heavy (non-hydrogen) atoms. The third kappa shape index (κ3) is 4.91. The first kappa shape index (κ1) is 19.4. The molecule has 2 amide bonds. The summed E-state index contributed by atoms with van der Waals surface area (Å²) in [5, 5.41) is 5.45. The maximum Gasteiger partial charge on any atom is 0.240 e. The first-order valence-electron chi connectivity index (χ1n) is 7.44. The molecule has 0 spiro atoms. The second-order valence-corrected chi connectivity index (χ2v) is 6.12. The number of nitrogens with one attached hydrogen (secondary N) is 2. The zero-order valence-electron chi connectivity index (χ0n) is 13.3. The van der Waals surface area contributed by atoms with Crippen molar-refractivity contribution in [1.29, 1.82) is 0 Å². The number of benzene rings is 1. The summed E-state index contributed by atoms with van der Waals surface area (Å²) in [5.74, 6) is -0.902. The van der Waals surface area contributed by atoms with E-state index in [1.54, 1.807) is 12.1 Å². The molecule has 0 saturated heterocycles. The van der Waals surface area contributed by atoms with E-state index < -0.39 is 11.6 Å². The van der Waals surface area contributed by atoms with Crippen LogP contribution in [-0.2, 0) is 15.1 Å². The van der Waals surface area contributed by atoms with Gasteiger partial charge in [-0.15, -0.1) is 12.4 Å². The Balaban J connectivity index is 0.00000264. The molecule has 5 nitrogen and oxygen atoms in total. The summed E-state index contributed by atoms with van der Waals surface area (Å²) >= 11 is 0. The van der Waals surface area contributed by atoms with Crippen molar-refractivity contribution in [2.24, 2.45) is 11.7 Å². The maximum atomic E-state index is 13.0. The van der Waals surface area contributed by atoms with Crippen molar-refractivity contribution in [2.75, 3.05) is 6.54 Å². The van der Waals surface area contributed by atoms with Gasteiger partial charge in [0, 0.05) is 0 Å². The van der Waals surface area contributed by atoms with Gasteiger partial charge in [-0.25, -0.2) is 4.39 Å². The lowest BCUT2D eigenvalue weighted by atomic mass is 10.0. The fraction of sp³-hybridized carbons (Fsp3) is 0.500. The highest BCUT2D eigenvalue weighted by atomic mass is 35.5. The van der Waals surface area contributed by atoms with Crippen LogP contribution in [0.15, 0.2) is 24.3 Å². The Bertz CT molecular complexity index is 559. The first-order valence-corrected chi connectivity index (χ1v) is 7.44. The van der Waals surface area contributed by atoms with Crippen molar-refractivity contribution in [3.63, 3.8) is 0 Å². The average molecular weight is 344 g/mol. The lowest BCUT2D eigenvalue weighted by Crippen LogP contribution is -2.48. The Morgan fingerprint density at radius 1 is 1.26 bits per heavy atom. The second kappa shape index (κ2) is 7.75. The van der Waals surface area contributed by atoms with Crippen LogP contribution >= 0.6 is 12.4 Å². The molecule has 0 heterocycles. The second-order valence-electron chi connectivity index (χ2n) is 6.12. The molecule has 1 aliphatic rings. The van der Waals surface area contributed by atoms with Crippen LogP contribution < -0.4 is 16.4 Å². The monoisotopic (exact) mass is 343 g/mol. The molecular weight excluding hydrogens is 321 g/mol. The molecular formula is C16H23ClFN3O2. The van der Waals surface area contributed by atoms with Crippen molar-refractivity contribution < 1.29 is 14.0 Å². The van der Waals surface area contributed by atoms with Crippen LogP contribution in [0.1, 0.15) is 32.3 Å². The van der Waals surface area contributed by atoms with Gasteiger partial charge in [-0.2, -0.15) is 0 Å². The molecule has 2 rings (SSSR count). The number of hydrogen-bond acceptors (Lipinski definition) is 3. The van der Waals surface area contributed by atoms with Gasteiger partial charge >= 0.3 is 0 Å². The van der Waals surface area contributed by atoms with Gasteiger partial charge in [-0.05, 0) is 36.5 Å². The number of carbonyl (C=O) groups is 2. The van der Waals surface area contributed by atoms with Gasteiger partial charge in [0.2, 0.25) is 11.8 Å². The number of amides is 2. The molecule has 0 radical (unpaired) electrons. The van der Waals surface area contributed by atoms with Crippen LogP contribution in [0.2, 0.25) is 0 Å². The highest BCUT2D eigenvalue weighted by molar-refractivity contribution is 5.88. The zero-order chi connectivity index (χ0) is 16.3. The van der Waals surface area contributed by atoms with Gasteiger partial charge in [0.05, 0.1) is 18.1 Å². The minimum atomic E-state index is -0.625. The standard InChI is InChI=1S/C16H22FN3O2.ClH/c1-10(2)14(18)15(22)19-9-13(21)20-16(7-8-16)11-3-5-12(17)6-4-11;/h3-6,10,14H,7-9,18H2,1-2H3,(H,19,22)(H,20,21);1H/t14-;/m0./s1. The number of carbonyl (C=O) groups excluding carboxylic acids is 2. The van der Waals surface area contributed by atoms with Crippen LogP contribution in [0, 0.1) is 11.7 Å². The van der Waals surface area contributed by atoms with Crippen LogP contribution in [0.5, 0.6) is 0 Å². The molecule has 4 N–H and O–H groups in total. The number of halogens is 2. The summed E-state index contributed by atoms with van der Waals surface area (Å²) < 4.78 is 13.0. The summed E-state index contributed by atoms with van der Waals surface area (Å²) in [6, 6.07) is 5.49. The minimum Gasteiger partial charge on any atom is -0.346 e. The highest BCUT2D eigenvalue weighted by Crippen LogP contribution is 2.45. The first-order chi connectivity index (χ1) is 10.3. The lowest BCUT2D eigenvalue weighted by molar-refractivity contribution is -0.127. The molecule has 1 aromatic carbocycles. The summed E-state index contributed by atoms with van der Waals surface area (Å²) in [7, 11) is 0. The molecule has 1 saturated carbocycles. The molecule has 1 atom stereocenters.